The van der Waals surface area contributed by atoms with Crippen LogP contribution in [0.15, 0.2) is 35.6 Å². The van der Waals surface area contributed by atoms with Crippen molar-refractivity contribution in [3.8, 4) is 0 Å². The Balaban J connectivity index is 1.33. The first-order chi connectivity index (χ1) is 15.7. The molecule has 2 heterocycles. The van der Waals surface area contributed by atoms with Gasteiger partial charge in [-0.2, -0.15) is 0 Å². The summed E-state index contributed by atoms with van der Waals surface area (Å²) in [6.07, 6.45) is 6.29. The molecule has 2 aliphatic carbocycles. The topological polar surface area (TPSA) is 75.2 Å². The zero-order chi connectivity index (χ0) is 23.4. The summed E-state index contributed by atoms with van der Waals surface area (Å²) < 4.78 is 67.7. The van der Waals surface area contributed by atoms with Gasteiger partial charge in [-0.1, -0.05) is 24.4 Å². The van der Waals surface area contributed by atoms with Gasteiger partial charge < -0.3 is 5.32 Å². The fourth-order valence-electron chi connectivity index (χ4n) is 5.28. The van der Waals surface area contributed by atoms with E-state index in [-0.39, 0.29) is 22.8 Å². The molecule has 2 unspecified atom stereocenters. The number of rotatable bonds is 6. The fraction of sp³-hybridized carbons (Fsp3) is 0.545. The molecule has 1 N–H and O–H groups in total. The molecule has 6 nitrogen and oxygen atoms in total. The van der Waals surface area contributed by atoms with Gasteiger partial charge >= 0.3 is 0 Å². The van der Waals surface area contributed by atoms with Crippen LogP contribution in [0.25, 0.3) is 0 Å². The third-order valence-electron chi connectivity index (χ3n) is 7.10. The maximum absolute atomic E-state index is 14.9. The van der Waals surface area contributed by atoms with Crippen LogP contribution in [0, 0.1) is 17.7 Å². The molecular formula is C22H24ClF3N4O2S. The van der Waals surface area contributed by atoms with Crippen molar-refractivity contribution < 1.29 is 21.6 Å². The Morgan fingerprint density at radius 3 is 2.61 bits per heavy atom. The fourth-order valence-corrected chi connectivity index (χ4v) is 6.93. The number of halogens is 4. The number of nitrogens with zero attached hydrogens (tertiary/aromatic N) is 3. The molecule has 1 aromatic carbocycles. The van der Waals surface area contributed by atoms with Gasteiger partial charge in [0.1, 0.15) is 17.0 Å². The van der Waals surface area contributed by atoms with Crippen LogP contribution in [0.1, 0.15) is 31.4 Å². The summed E-state index contributed by atoms with van der Waals surface area (Å²) in [5.74, 6) is -5.01. The summed E-state index contributed by atoms with van der Waals surface area (Å²) in [6, 6.07) is 3.66. The number of nitrogens with one attached hydrogen (secondary N) is 1. The van der Waals surface area contributed by atoms with E-state index in [9.17, 15) is 21.6 Å². The SMILES string of the molecule is O=S(=O)(Cc1ccncn1)c1cc(Cl)c(N[C@@H]2CCCC[C@H]2N2CC3C(C2)C3(F)F)cc1F. The molecule has 5 rings (SSSR count). The maximum atomic E-state index is 14.9. The molecule has 1 aliphatic heterocycles. The van der Waals surface area contributed by atoms with E-state index in [2.05, 4.69) is 20.2 Å². The summed E-state index contributed by atoms with van der Waals surface area (Å²) in [5, 5.41) is 3.37. The molecule has 1 saturated heterocycles. The number of sulfone groups is 1. The van der Waals surface area contributed by atoms with Crippen LogP contribution in [-0.2, 0) is 15.6 Å². The highest BCUT2D eigenvalue weighted by molar-refractivity contribution is 7.90. The normalized spacial score (nSPS) is 29.0. The molecule has 3 fully saturated rings. The minimum atomic E-state index is -4.01. The van der Waals surface area contributed by atoms with Crippen molar-refractivity contribution in [2.45, 2.75) is 54.3 Å². The Labute approximate surface area is 195 Å². The van der Waals surface area contributed by atoms with E-state index >= 15 is 0 Å². The highest BCUT2D eigenvalue weighted by Crippen LogP contribution is 2.59. The van der Waals surface area contributed by atoms with Gasteiger partial charge in [-0.25, -0.2) is 31.6 Å². The number of benzene rings is 1. The Morgan fingerprint density at radius 1 is 1.18 bits per heavy atom. The Hall–Kier alpha value is -1.91. The number of fused-ring (bicyclic) bond motifs is 1. The highest BCUT2D eigenvalue weighted by atomic mass is 35.5. The first kappa shape index (κ1) is 22.9. The van der Waals surface area contributed by atoms with E-state index in [4.69, 9.17) is 11.6 Å². The number of likely N-dealkylation sites (tertiary alicyclic amines) is 1. The second-order valence-corrected chi connectivity index (χ2v) is 11.5. The van der Waals surface area contributed by atoms with Gasteiger partial charge in [0.15, 0.2) is 9.84 Å². The predicted octanol–water partition coefficient (Wildman–Crippen LogP) is 4.16. The molecule has 4 atom stereocenters. The van der Waals surface area contributed by atoms with Crippen molar-refractivity contribution >= 4 is 27.1 Å². The molecule has 0 amide bonds. The van der Waals surface area contributed by atoms with E-state index in [0.29, 0.717) is 18.8 Å². The minimum absolute atomic E-state index is 0.0580. The monoisotopic (exact) mass is 500 g/mol. The quantitative estimate of drug-likeness (QED) is 0.642. The number of alkyl halides is 2. The van der Waals surface area contributed by atoms with Crippen molar-refractivity contribution in [2.24, 2.45) is 11.8 Å². The van der Waals surface area contributed by atoms with Crippen molar-refractivity contribution in [2.75, 3.05) is 18.4 Å². The van der Waals surface area contributed by atoms with Crippen molar-refractivity contribution in [3.05, 3.63) is 47.3 Å². The molecule has 33 heavy (non-hydrogen) atoms. The standard InChI is InChI=1S/C22H24ClF3N4O2S/c23-16-7-21(33(31,32)11-13-5-6-27-12-28-13)17(24)8-19(16)29-18-3-1-2-4-20(18)30-9-14-15(10-30)22(14,25)26/h5-8,12,14-15,18,20,29H,1-4,9-11H2/t14?,15?,18-,20-/m1/s1. The van der Waals surface area contributed by atoms with Gasteiger partial charge in [0.2, 0.25) is 0 Å². The zero-order valence-corrected chi connectivity index (χ0v) is 19.3. The zero-order valence-electron chi connectivity index (χ0n) is 17.7. The molecule has 1 aromatic heterocycles. The molecular weight excluding hydrogens is 477 g/mol. The summed E-state index contributed by atoms with van der Waals surface area (Å²) in [6.45, 7) is 0.756. The molecule has 2 saturated carbocycles. The van der Waals surface area contributed by atoms with Crippen LogP contribution in [-0.4, -0.2) is 54.4 Å². The first-order valence-corrected chi connectivity index (χ1v) is 13.0. The van der Waals surface area contributed by atoms with Crippen molar-refractivity contribution in [1.29, 1.82) is 0 Å². The summed E-state index contributed by atoms with van der Waals surface area (Å²) in [7, 11) is -4.01. The highest BCUT2D eigenvalue weighted by Gasteiger charge is 2.72. The van der Waals surface area contributed by atoms with E-state index < -0.39 is 44.1 Å². The Kier molecular flexibility index (Phi) is 5.81. The van der Waals surface area contributed by atoms with Gasteiger partial charge in [0.25, 0.3) is 5.92 Å². The second kappa shape index (κ2) is 8.39. The minimum Gasteiger partial charge on any atom is -0.379 e. The van der Waals surface area contributed by atoms with Gasteiger partial charge in [-0.05, 0) is 31.0 Å². The number of piperidine rings is 1. The Morgan fingerprint density at radius 2 is 1.91 bits per heavy atom. The molecule has 2 aromatic rings. The van der Waals surface area contributed by atoms with E-state index in [0.717, 1.165) is 37.8 Å². The van der Waals surface area contributed by atoms with Crippen molar-refractivity contribution in [3.63, 3.8) is 0 Å². The van der Waals surface area contributed by atoms with Crippen LogP contribution in [0.5, 0.6) is 0 Å². The molecule has 11 heteroatoms. The molecule has 3 aliphatic rings. The van der Waals surface area contributed by atoms with Crippen LogP contribution < -0.4 is 5.32 Å². The van der Waals surface area contributed by atoms with Crippen LogP contribution in [0.4, 0.5) is 18.9 Å². The lowest BCUT2D eigenvalue weighted by Crippen LogP contribution is -2.49. The number of hydrogen-bond acceptors (Lipinski definition) is 6. The van der Waals surface area contributed by atoms with Gasteiger partial charge in [-0.15, -0.1) is 0 Å². The molecule has 0 radical (unpaired) electrons. The predicted molar refractivity (Wildman–Crippen MR) is 117 cm³/mol. The number of aromatic nitrogens is 2. The smallest absolute Gasteiger partial charge is 0.257 e. The average molecular weight is 501 g/mol. The van der Waals surface area contributed by atoms with Gasteiger partial charge in [-0.3, -0.25) is 4.90 Å². The molecule has 0 spiro atoms. The summed E-state index contributed by atoms with van der Waals surface area (Å²) >= 11 is 6.37. The van der Waals surface area contributed by atoms with Gasteiger partial charge in [0.05, 0.1) is 22.2 Å². The van der Waals surface area contributed by atoms with Crippen LogP contribution in [0.3, 0.4) is 0 Å². The third-order valence-corrected chi connectivity index (χ3v) is 9.08. The maximum Gasteiger partial charge on any atom is 0.257 e. The lowest BCUT2D eigenvalue weighted by Gasteiger charge is -2.40. The van der Waals surface area contributed by atoms with E-state index in [1.54, 1.807) is 0 Å². The van der Waals surface area contributed by atoms with Gasteiger partial charge in [0, 0.05) is 43.2 Å². The van der Waals surface area contributed by atoms with E-state index in [1.165, 1.54) is 18.6 Å². The summed E-state index contributed by atoms with van der Waals surface area (Å²) in [4.78, 5) is 9.27. The second-order valence-electron chi connectivity index (χ2n) is 9.17. The summed E-state index contributed by atoms with van der Waals surface area (Å²) in [5.41, 5.74) is 0.559. The lowest BCUT2D eigenvalue weighted by molar-refractivity contribution is 0.0366. The molecule has 0 bridgehead atoms. The molecule has 178 valence electrons. The van der Waals surface area contributed by atoms with Crippen LogP contribution in [0.2, 0.25) is 5.02 Å². The third kappa shape index (κ3) is 4.33. The van der Waals surface area contributed by atoms with Crippen molar-refractivity contribution in [1.82, 2.24) is 14.9 Å². The first-order valence-electron chi connectivity index (χ1n) is 11.0. The number of anilines is 1. The lowest BCUT2D eigenvalue weighted by atomic mass is 9.88. The largest absolute Gasteiger partial charge is 0.379 e. The van der Waals surface area contributed by atoms with Crippen LogP contribution >= 0.6 is 11.6 Å². The number of hydrogen-bond donors (Lipinski definition) is 1. The van der Waals surface area contributed by atoms with E-state index in [1.807, 2.05) is 0 Å². The average Bonchev–Trinajstić information content (AvgIpc) is 3.11. The Bertz CT molecular complexity index is 1140.